The Labute approximate surface area is 192 Å². The predicted molar refractivity (Wildman–Crippen MR) is 125 cm³/mol. The van der Waals surface area contributed by atoms with E-state index < -0.39 is 15.8 Å². The number of amides is 2. The number of nitro groups is 2. The first-order valence-electron chi connectivity index (χ1n) is 9.56. The molecule has 0 aromatic heterocycles. The highest BCUT2D eigenvalue weighted by atomic mass is 32.2. The van der Waals surface area contributed by atoms with E-state index in [2.05, 4.69) is 10.6 Å². The van der Waals surface area contributed by atoms with Crippen molar-refractivity contribution in [3.8, 4) is 0 Å². The smallest absolute Gasteiger partial charge is 0.271 e. The van der Waals surface area contributed by atoms with Crippen LogP contribution in [0.3, 0.4) is 0 Å². The van der Waals surface area contributed by atoms with Crippen molar-refractivity contribution in [2.24, 2.45) is 0 Å². The standard InChI is InChI=1S/C22H18N4O6S/c1-14-5-8-18(26(31)32)12-20(14)24-21(27)13-33-19-9-6-16(7-10-19)23-22(28)15-3-2-4-17(11-15)25(29)30/h2-12H,13H2,1H3,(H,23,28)(H,24,27). The minimum atomic E-state index is -0.570. The van der Waals surface area contributed by atoms with Crippen LogP contribution in [-0.4, -0.2) is 27.4 Å². The zero-order valence-corrected chi connectivity index (χ0v) is 18.1. The van der Waals surface area contributed by atoms with Gasteiger partial charge in [-0.1, -0.05) is 12.1 Å². The molecule has 0 saturated carbocycles. The summed E-state index contributed by atoms with van der Waals surface area (Å²) in [5.41, 5.74) is 1.47. The molecule has 10 nitrogen and oxygen atoms in total. The second kappa shape index (κ2) is 10.4. The number of non-ortho nitro benzene ring substituents is 2. The molecule has 0 aliphatic carbocycles. The highest BCUT2D eigenvalue weighted by Crippen LogP contribution is 2.24. The van der Waals surface area contributed by atoms with Crippen molar-refractivity contribution in [2.75, 3.05) is 16.4 Å². The van der Waals surface area contributed by atoms with Gasteiger partial charge in [-0.15, -0.1) is 11.8 Å². The van der Waals surface area contributed by atoms with E-state index in [4.69, 9.17) is 0 Å². The van der Waals surface area contributed by atoms with Gasteiger partial charge in [0.15, 0.2) is 0 Å². The second-order valence-electron chi connectivity index (χ2n) is 6.88. The number of nitro benzene ring substituents is 2. The van der Waals surface area contributed by atoms with Crippen LogP contribution in [0.25, 0.3) is 0 Å². The summed E-state index contributed by atoms with van der Waals surface area (Å²) < 4.78 is 0. The van der Waals surface area contributed by atoms with Crippen LogP contribution < -0.4 is 10.6 Å². The number of thioether (sulfide) groups is 1. The van der Waals surface area contributed by atoms with Gasteiger partial charge in [0.05, 0.1) is 21.3 Å². The van der Waals surface area contributed by atoms with Gasteiger partial charge in [-0.05, 0) is 42.8 Å². The van der Waals surface area contributed by atoms with Crippen molar-refractivity contribution in [3.63, 3.8) is 0 Å². The molecular formula is C22H18N4O6S. The van der Waals surface area contributed by atoms with Crippen molar-refractivity contribution in [3.05, 3.63) is 98.1 Å². The molecule has 0 saturated heterocycles. The number of benzene rings is 3. The Bertz CT molecular complexity index is 1230. The molecule has 0 unspecified atom stereocenters. The molecule has 11 heteroatoms. The number of hydrogen-bond acceptors (Lipinski definition) is 7. The highest BCUT2D eigenvalue weighted by molar-refractivity contribution is 8.00. The summed E-state index contributed by atoms with van der Waals surface area (Å²) in [4.78, 5) is 46.0. The molecule has 0 aliphatic rings. The lowest BCUT2D eigenvalue weighted by atomic mass is 10.2. The third kappa shape index (κ3) is 6.37. The van der Waals surface area contributed by atoms with Crippen LogP contribution in [0, 0.1) is 27.2 Å². The van der Waals surface area contributed by atoms with Gasteiger partial charge in [0.25, 0.3) is 17.3 Å². The summed E-state index contributed by atoms with van der Waals surface area (Å²) in [6.45, 7) is 1.74. The highest BCUT2D eigenvalue weighted by Gasteiger charge is 2.13. The fourth-order valence-electron chi connectivity index (χ4n) is 2.79. The van der Waals surface area contributed by atoms with E-state index in [1.165, 1.54) is 48.2 Å². The fourth-order valence-corrected chi connectivity index (χ4v) is 3.49. The van der Waals surface area contributed by atoms with Crippen molar-refractivity contribution < 1.29 is 19.4 Å². The number of hydrogen-bond donors (Lipinski definition) is 2. The zero-order valence-electron chi connectivity index (χ0n) is 17.3. The fraction of sp³-hybridized carbons (Fsp3) is 0.0909. The van der Waals surface area contributed by atoms with Crippen LogP contribution in [0.5, 0.6) is 0 Å². The van der Waals surface area contributed by atoms with Crippen LogP contribution in [0.15, 0.2) is 71.6 Å². The Morgan fingerprint density at radius 1 is 0.879 bits per heavy atom. The summed E-state index contributed by atoms with van der Waals surface area (Å²) in [5.74, 6) is -0.709. The van der Waals surface area contributed by atoms with Crippen molar-refractivity contribution in [2.45, 2.75) is 11.8 Å². The molecular weight excluding hydrogens is 448 g/mol. The van der Waals surface area contributed by atoms with E-state index in [-0.39, 0.29) is 28.6 Å². The molecule has 0 spiro atoms. The third-order valence-electron chi connectivity index (χ3n) is 4.51. The van der Waals surface area contributed by atoms with Gasteiger partial charge >= 0.3 is 0 Å². The molecule has 33 heavy (non-hydrogen) atoms. The molecule has 0 bridgehead atoms. The van der Waals surface area contributed by atoms with Gasteiger partial charge in [-0.25, -0.2) is 0 Å². The molecule has 3 aromatic carbocycles. The molecule has 0 fully saturated rings. The maximum absolute atomic E-state index is 12.3. The van der Waals surface area contributed by atoms with E-state index >= 15 is 0 Å². The summed E-state index contributed by atoms with van der Waals surface area (Å²) in [6, 6.07) is 16.4. The van der Waals surface area contributed by atoms with E-state index in [9.17, 15) is 29.8 Å². The predicted octanol–water partition coefficient (Wildman–Crippen LogP) is 4.79. The van der Waals surface area contributed by atoms with Gasteiger partial charge in [0.2, 0.25) is 5.91 Å². The van der Waals surface area contributed by atoms with Crippen LogP contribution >= 0.6 is 11.8 Å². The zero-order chi connectivity index (χ0) is 24.0. The van der Waals surface area contributed by atoms with Crippen molar-refractivity contribution in [1.29, 1.82) is 0 Å². The summed E-state index contributed by atoms with van der Waals surface area (Å²) in [6.07, 6.45) is 0. The molecule has 2 amide bonds. The summed E-state index contributed by atoms with van der Waals surface area (Å²) in [5, 5.41) is 27.1. The van der Waals surface area contributed by atoms with E-state index in [0.717, 1.165) is 4.90 Å². The van der Waals surface area contributed by atoms with Crippen molar-refractivity contribution >= 4 is 46.3 Å². The Hall–Kier alpha value is -4.25. The lowest BCUT2D eigenvalue weighted by molar-refractivity contribution is -0.385. The Balaban J connectivity index is 1.55. The van der Waals surface area contributed by atoms with Gasteiger partial charge in [-0.2, -0.15) is 0 Å². The number of anilines is 2. The molecule has 0 atom stereocenters. The molecule has 3 aromatic rings. The third-order valence-corrected chi connectivity index (χ3v) is 5.52. The van der Waals surface area contributed by atoms with Gasteiger partial charge in [0, 0.05) is 40.4 Å². The van der Waals surface area contributed by atoms with Crippen molar-refractivity contribution in [1.82, 2.24) is 0 Å². The number of aryl methyl sites for hydroxylation is 1. The minimum absolute atomic E-state index is 0.0848. The van der Waals surface area contributed by atoms with Crippen LogP contribution in [0.1, 0.15) is 15.9 Å². The Kier molecular flexibility index (Phi) is 7.36. The Morgan fingerprint density at radius 3 is 2.21 bits per heavy atom. The quantitative estimate of drug-likeness (QED) is 0.276. The monoisotopic (exact) mass is 466 g/mol. The van der Waals surface area contributed by atoms with E-state index in [1.807, 2.05) is 0 Å². The maximum atomic E-state index is 12.3. The number of carbonyl (C=O) groups excluding carboxylic acids is 2. The van der Waals surface area contributed by atoms with E-state index in [1.54, 1.807) is 37.3 Å². The first-order valence-corrected chi connectivity index (χ1v) is 10.5. The van der Waals surface area contributed by atoms with Crippen LogP contribution in [0.2, 0.25) is 0 Å². The lowest BCUT2D eigenvalue weighted by Crippen LogP contribution is -2.15. The summed E-state index contributed by atoms with van der Waals surface area (Å²) >= 11 is 1.26. The number of carbonyl (C=O) groups is 2. The average molecular weight is 466 g/mol. The molecule has 0 heterocycles. The van der Waals surface area contributed by atoms with Gasteiger partial charge in [-0.3, -0.25) is 29.8 Å². The lowest BCUT2D eigenvalue weighted by Gasteiger charge is -2.09. The average Bonchev–Trinajstić information content (AvgIpc) is 2.80. The molecule has 2 N–H and O–H groups in total. The van der Waals surface area contributed by atoms with Gasteiger partial charge < -0.3 is 10.6 Å². The number of nitrogens with zero attached hydrogens (tertiary/aromatic N) is 2. The molecule has 3 rings (SSSR count). The maximum Gasteiger partial charge on any atom is 0.271 e. The minimum Gasteiger partial charge on any atom is -0.325 e. The largest absolute Gasteiger partial charge is 0.325 e. The number of rotatable bonds is 8. The van der Waals surface area contributed by atoms with Crippen LogP contribution in [-0.2, 0) is 4.79 Å². The Morgan fingerprint density at radius 2 is 1.55 bits per heavy atom. The normalized spacial score (nSPS) is 10.3. The van der Waals surface area contributed by atoms with Crippen LogP contribution in [0.4, 0.5) is 22.7 Å². The topological polar surface area (TPSA) is 144 Å². The first-order chi connectivity index (χ1) is 15.7. The first kappa shape index (κ1) is 23.4. The molecule has 168 valence electrons. The number of nitrogens with one attached hydrogen (secondary N) is 2. The SMILES string of the molecule is Cc1ccc([N+](=O)[O-])cc1NC(=O)CSc1ccc(NC(=O)c2cccc([N+](=O)[O-])c2)cc1. The second-order valence-corrected chi connectivity index (χ2v) is 7.93. The molecule has 0 aliphatic heterocycles. The summed E-state index contributed by atoms with van der Waals surface area (Å²) in [7, 11) is 0. The van der Waals surface area contributed by atoms with Gasteiger partial charge in [0.1, 0.15) is 0 Å². The van der Waals surface area contributed by atoms with E-state index in [0.29, 0.717) is 16.9 Å². The molecule has 0 radical (unpaired) electrons.